The fourth-order valence-electron chi connectivity index (χ4n) is 2.83. The van der Waals surface area contributed by atoms with Crippen LogP contribution in [0, 0.1) is 17.8 Å². The van der Waals surface area contributed by atoms with E-state index in [0.717, 1.165) is 17.8 Å². The Morgan fingerprint density at radius 2 is 1.12 bits per heavy atom. The molecule has 0 aliphatic rings. The van der Waals surface area contributed by atoms with E-state index in [1.807, 2.05) is 0 Å². The summed E-state index contributed by atoms with van der Waals surface area (Å²) in [6.07, 6.45) is 11.3. The van der Waals surface area contributed by atoms with E-state index >= 15 is 0 Å². The van der Waals surface area contributed by atoms with Crippen molar-refractivity contribution in [3.63, 3.8) is 0 Å². The number of hydrogen-bond acceptors (Lipinski definition) is 0. The number of rotatable bonds is 10. The van der Waals surface area contributed by atoms with Crippen LogP contribution in [-0.2, 0) is 0 Å². The van der Waals surface area contributed by atoms with E-state index < -0.39 is 0 Å². The average molecular weight is 226 g/mol. The zero-order chi connectivity index (χ0) is 12.4. The Balaban J connectivity index is 3.70. The van der Waals surface area contributed by atoms with Crippen molar-refractivity contribution in [2.45, 2.75) is 86.0 Å². The quantitative estimate of drug-likeness (QED) is 0.397. The molecule has 0 heteroatoms. The highest BCUT2D eigenvalue weighted by Gasteiger charge is 2.15. The van der Waals surface area contributed by atoms with Crippen LogP contribution in [0.1, 0.15) is 86.0 Å². The lowest BCUT2D eigenvalue weighted by molar-refractivity contribution is 0.276. The molecule has 0 radical (unpaired) electrons. The zero-order valence-corrected chi connectivity index (χ0v) is 12.4. The molecule has 0 spiro atoms. The van der Waals surface area contributed by atoms with Gasteiger partial charge in [-0.2, -0.15) is 0 Å². The van der Waals surface area contributed by atoms with E-state index in [1.54, 1.807) is 0 Å². The standard InChI is InChI=1S/C16H34/c1-6-14(5)12-10-11-13-16(9-4)15(7-2)8-3/h14-16H,6-13H2,1-5H3. The topological polar surface area (TPSA) is 0 Å². The molecule has 2 atom stereocenters. The molecule has 0 nitrogen and oxygen atoms in total. The lowest BCUT2D eigenvalue weighted by atomic mass is 9.82. The first-order chi connectivity index (χ1) is 7.69. The summed E-state index contributed by atoms with van der Waals surface area (Å²) in [5, 5.41) is 0. The molecule has 0 heterocycles. The molecule has 0 aromatic heterocycles. The molecule has 0 saturated heterocycles. The van der Waals surface area contributed by atoms with E-state index in [-0.39, 0.29) is 0 Å². The van der Waals surface area contributed by atoms with Gasteiger partial charge in [0.1, 0.15) is 0 Å². The summed E-state index contributed by atoms with van der Waals surface area (Å²) in [6, 6.07) is 0. The summed E-state index contributed by atoms with van der Waals surface area (Å²) in [4.78, 5) is 0. The maximum absolute atomic E-state index is 2.39. The third kappa shape index (κ3) is 6.55. The van der Waals surface area contributed by atoms with Gasteiger partial charge in [0.25, 0.3) is 0 Å². The Morgan fingerprint density at radius 1 is 0.625 bits per heavy atom. The van der Waals surface area contributed by atoms with Crippen molar-refractivity contribution in [1.82, 2.24) is 0 Å². The minimum atomic E-state index is 0.938. The number of hydrogen-bond donors (Lipinski definition) is 0. The fraction of sp³-hybridized carbons (Fsp3) is 1.00. The van der Waals surface area contributed by atoms with Crippen LogP contribution in [0.5, 0.6) is 0 Å². The maximum Gasteiger partial charge on any atom is -0.0389 e. The number of unbranched alkanes of at least 4 members (excludes halogenated alkanes) is 1. The van der Waals surface area contributed by atoms with Crippen molar-refractivity contribution in [1.29, 1.82) is 0 Å². The first-order valence-corrected chi connectivity index (χ1v) is 7.69. The van der Waals surface area contributed by atoms with Crippen molar-refractivity contribution < 1.29 is 0 Å². The first-order valence-electron chi connectivity index (χ1n) is 7.69. The van der Waals surface area contributed by atoms with Gasteiger partial charge in [-0.15, -0.1) is 0 Å². The highest BCUT2D eigenvalue weighted by atomic mass is 14.2. The molecule has 16 heavy (non-hydrogen) atoms. The molecule has 0 amide bonds. The van der Waals surface area contributed by atoms with Crippen molar-refractivity contribution >= 4 is 0 Å². The van der Waals surface area contributed by atoms with Crippen LogP contribution in [0.2, 0.25) is 0 Å². The van der Waals surface area contributed by atoms with Gasteiger partial charge < -0.3 is 0 Å². The highest BCUT2D eigenvalue weighted by Crippen LogP contribution is 2.28. The van der Waals surface area contributed by atoms with Crippen molar-refractivity contribution in [2.75, 3.05) is 0 Å². The van der Waals surface area contributed by atoms with Crippen molar-refractivity contribution in [3.05, 3.63) is 0 Å². The van der Waals surface area contributed by atoms with E-state index in [4.69, 9.17) is 0 Å². The second-order valence-electron chi connectivity index (χ2n) is 5.54. The van der Waals surface area contributed by atoms with Crippen LogP contribution in [0.4, 0.5) is 0 Å². The lowest BCUT2D eigenvalue weighted by Gasteiger charge is -2.24. The third-order valence-electron chi connectivity index (χ3n) is 4.46. The molecule has 2 unspecified atom stereocenters. The predicted molar refractivity (Wildman–Crippen MR) is 75.8 cm³/mol. The van der Waals surface area contributed by atoms with Gasteiger partial charge in [0, 0.05) is 0 Å². The van der Waals surface area contributed by atoms with Gasteiger partial charge in [0.15, 0.2) is 0 Å². The summed E-state index contributed by atoms with van der Waals surface area (Å²) < 4.78 is 0. The van der Waals surface area contributed by atoms with Gasteiger partial charge in [-0.05, 0) is 17.8 Å². The molecule has 0 aromatic carbocycles. The molecule has 0 aliphatic heterocycles. The van der Waals surface area contributed by atoms with Gasteiger partial charge in [-0.1, -0.05) is 86.0 Å². The Labute approximate surface area is 104 Å². The molecule has 0 aliphatic carbocycles. The molecule has 0 rings (SSSR count). The van der Waals surface area contributed by atoms with Crippen LogP contribution >= 0.6 is 0 Å². The minimum Gasteiger partial charge on any atom is -0.0651 e. The Morgan fingerprint density at radius 3 is 1.56 bits per heavy atom. The highest BCUT2D eigenvalue weighted by molar-refractivity contribution is 4.67. The minimum absolute atomic E-state index is 0.938. The monoisotopic (exact) mass is 226 g/mol. The first kappa shape index (κ1) is 16.0. The summed E-state index contributed by atoms with van der Waals surface area (Å²) in [7, 11) is 0. The molecule has 0 aromatic rings. The SMILES string of the molecule is CCC(C)CCCCC(CC)C(CC)CC. The smallest absolute Gasteiger partial charge is 0.0389 e. The van der Waals surface area contributed by atoms with Gasteiger partial charge >= 0.3 is 0 Å². The van der Waals surface area contributed by atoms with E-state index in [2.05, 4.69) is 34.6 Å². The van der Waals surface area contributed by atoms with Crippen LogP contribution in [0.3, 0.4) is 0 Å². The zero-order valence-electron chi connectivity index (χ0n) is 12.4. The summed E-state index contributed by atoms with van der Waals surface area (Å²) in [6.45, 7) is 11.8. The molecular formula is C16H34. The summed E-state index contributed by atoms with van der Waals surface area (Å²) >= 11 is 0. The predicted octanol–water partition coefficient (Wildman–Crippen LogP) is 6.06. The molecule has 0 fully saturated rings. The van der Waals surface area contributed by atoms with Crippen LogP contribution < -0.4 is 0 Å². The van der Waals surface area contributed by atoms with E-state index in [0.29, 0.717) is 0 Å². The summed E-state index contributed by atoms with van der Waals surface area (Å²) in [5.41, 5.74) is 0. The fourth-order valence-corrected chi connectivity index (χ4v) is 2.83. The third-order valence-corrected chi connectivity index (χ3v) is 4.46. The maximum atomic E-state index is 2.39. The van der Waals surface area contributed by atoms with Gasteiger partial charge in [0.2, 0.25) is 0 Å². The van der Waals surface area contributed by atoms with E-state index in [1.165, 1.54) is 51.4 Å². The molecule has 98 valence electrons. The van der Waals surface area contributed by atoms with Gasteiger partial charge in [-0.25, -0.2) is 0 Å². The molecule has 0 bridgehead atoms. The normalized spacial score (nSPS) is 15.4. The average Bonchev–Trinajstić information content (AvgIpc) is 2.32. The van der Waals surface area contributed by atoms with Gasteiger partial charge in [0.05, 0.1) is 0 Å². The van der Waals surface area contributed by atoms with Crippen LogP contribution in [0.15, 0.2) is 0 Å². The van der Waals surface area contributed by atoms with Crippen molar-refractivity contribution in [2.24, 2.45) is 17.8 Å². The largest absolute Gasteiger partial charge is 0.0651 e. The Kier molecular flexibility index (Phi) is 10.2. The van der Waals surface area contributed by atoms with Crippen LogP contribution in [-0.4, -0.2) is 0 Å². The molecule has 0 saturated carbocycles. The van der Waals surface area contributed by atoms with Gasteiger partial charge in [-0.3, -0.25) is 0 Å². The molecular weight excluding hydrogens is 192 g/mol. The van der Waals surface area contributed by atoms with Crippen LogP contribution in [0.25, 0.3) is 0 Å². The second-order valence-corrected chi connectivity index (χ2v) is 5.54. The lowest BCUT2D eigenvalue weighted by Crippen LogP contribution is -2.12. The summed E-state index contributed by atoms with van der Waals surface area (Å²) in [5.74, 6) is 2.91. The second kappa shape index (κ2) is 10.2. The molecule has 0 N–H and O–H groups in total. The van der Waals surface area contributed by atoms with E-state index in [9.17, 15) is 0 Å². The Bertz CT molecular complexity index is 135. The van der Waals surface area contributed by atoms with Crippen molar-refractivity contribution in [3.8, 4) is 0 Å². The Hall–Kier alpha value is 0.